The van der Waals surface area contributed by atoms with E-state index in [1.165, 1.54) is 39.9 Å². The number of rotatable bonds is 6. The van der Waals surface area contributed by atoms with E-state index in [2.05, 4.69) is 4.72 Å². The van der Waals surface area contributed by atoms with Crippen molar-refractivity contribution in [2.24, 2.45) is 5.41 Å². The second-order valence-electron chi connectivity index (χ2n) is 8.37. The third-order valence-electron chi connectivity index (χ3n) is 5.05. The van der Waals surface area contributed by atoms with Crippen LogP contribution >= 0.6 is 11.3 Å². The van der Waals surface area contributed by atoms with Gasteiger partial charge in [0.25, 0.3) is 0 Å². The van der Waals surface area contributed by atoms with Gasteiger partial charge >= 0.3 is 0 Å². The molecule has 1 atom stereocenters. The highest BCUT2D eigenvalue weighted by Gasteiger charge is 2.32. The lowest BCUT2D eigenvalue weighted by Crippen LogP contribution is -2.36. The zero-order chi connectivity index (χ0) is 21.3. The number of thiophene rings is 1. The summed E-state index contributed by atoms with van der Waals surface area (Å²) in [5.74, 6) is 0. The minimum absolute atomic E-state index is 0.0564. The van der Waals surface area contributed by atoms with E-state index in [4.69, 9.17) is 0 Å². The molecule has 0 amide bonds. The van der Waals surface area contributed by atoms with Gasteiger partial charge in [-0.25, -0.2) is 21.6 Å². The Morgan fingerprint density at radius 1 is 0.931 bits per heavy atom. The first-order valence-electron chi connectivity index (χ1n) is 9.68. The Morgan fingerprint density at radius 3 is 2.03 bits per heavy atom. The van der Waals surface area contributed by atoms with Crippen molar-refractivity contribution in [3.05, 3.63) is 46.7 Å². The van der Waals surface area contributed by atoms with Crippen molar-refractivity contribution in [2.45, 2.75) is 55.9 Å². The third kappa shape index (κ3) is 5.08. The Hall–Kier alpha value is -1.26. The molecule has 1 aromatic carbocycles. The fourth-order valence-corrected chi connectivity index (χ4v) is 7.42. The average molecular weight is 457 g/mol. The van der Waals surface area contributed by atoms with Crippen molar-refractivity contribution in [3.63, 3.8) is 0 Å². The van der Waals surface area contributed by atoms with Crippen LogP contribution in [0.25, 0.3) is 0 Å². The first-order valence-corrected chi connectivity index (χ1v) is 13.5. The molecule has 6 nitrogen and oxygen atoms in total. The summed E-state index contributed by atoms with van der Waals surface area (Å²) in [6.07, 6.45) is 2.74. The summed E-state index contributed by atoms with van der Waals surface area (Å²) in [5, 5.41) is 1.92. The Balaban J connectivity index is 1.84. The van der Waals surface area contributed by atoms with Crippen molar-refractivity contribution in [2.75, 3.05) is 13.1 Å². The number of benzene rings is 1. The molecule has 1 saturated heterocycles. The van der Waals surface area contributed by atoms with E-state index in [0.29, 0.717) is 13.1 Å². The molecule has 9 heteroatoms. The van der Waals surface area contributed by atoms with Gasteiger partial charge in [-0.15, -0.1) is 11.3 Å². The summed E-state index contributed by atoms with van der Waals surface area (Å²) in [6, 6.07) is 8.93. The Morgan fingerprint density at radius 2 is 1.52 bits per heavy atom. The predicted octanol–water partition coefficient (Wildman–Crippen LogP) is 3.99. The molecule has 2 heterocycles. The first-order chi connectivity index (χ1) is 13.5. The molecule has 1 N–H and O–H groups in total. The van der Waals surface area contributed by atoms with E-state index in [1.54, 1.807) is 0 Å². The standard InChI is InChI=1S/C20H28N2O4S3/c1-20(2,3)19(18-8-7-15-27-18)21-28(23,24)16-9-11-17(12-10-16)29(25,26)22-13-5-4-6-14-22/h7-12,15,19,21H,4-6,13-14H2,1-3H3/t19-/m0/s1. The Kier molecular flexibility index (Phi) is 6.55. The van der Waals surface area contributed by atoms with Gasteiger partial charge in [0.15, 0.2) is 0 Å². The molecule has 0 spiro atoms. The van der Waals surface area contributed by atoms with Crippen LogP contribution in [0.1, 0.15) is 51.0 Å². The molecule has 1 fully saturated rings. The van der Waals surface area contributed by atoms with Crippen LogP contribution in [-0.2, 0) is 20.0 Å². The van der Waals surface area contributed by atoms with E-state index in [9.17, 15) is 16.8 Å². The fraction of sp³-hybridized carbons (Fsp3) is 0.500. The quantitative estimate of drug-likeness (QED) is 0.712. The Bertz CT molecular complexity index is 1020. The molecule has 2 aromatic rings. The summed E-state index contributed by atoms with van der Waals surface area (Å²) >= 11 is 1.50. The highest BCUT2D eigenvalue weighted by Crippen LogP contribution is 2.36. The lowest BCUT2D eigenvalue weighted by Gasteiger charge is -2.30. The summed E-state index contributed by atoms with van der Waals surface area (Å²) in [5.41, 5.74) is -0.324. The molecule has 1 aliphatic rings. The van der Waals surface area contributed by atoms with Gasteiger partial charge in [-0.1, -0.05) is 33.3 Å². The van der Waals surface area contributed by atoms with Crippen molar-refractivity contribution in [3.8, 4) is 0 Å². The van der Waals surface area contributed by atoms with Gasteiger partial charge in [0, 0.05) is 18.0 Å². The van der Waals surface area contributed by atoms with Gasteiger partial charge in [-0.05, 0) is 54.0 Å². The lowest BCUT2D eigenvalue weighted by atomic mass is 9.86. The molecule has 0 aliphatic carbocycles. The highest BCUT2D eigenvalue weighted by molar-refractivity contribution is 7.89. The van der Waals surface area contributed by atoms with Crippen LogP contribution in [0, 0.1) is 5.41 Å². The Labute approximate surface area is 178 Å². The largest absolute Gasteiger partial charge is 0.243 e. The molecule has 160 valence electrons. The SMILES string of the molecule is CC(C)(C)[C@@H](NS(=O)(=O)c1ccc(S(=O)(=O)N2CCCCC2)cc1)c1cccs1. The van der Waals surface area contributed by atoms with Crippen LogP contribution < -0.4 is 4.72 Å². The van der Waals surface area contributed by atoms with E-state index in [-0.39, 0.29) is 21.2 Å². The number of hydrogen-bond donors (Lipinski definition) is 1. The molecular formula is C20H28N2O4S3. The molecule has 3 rings (SSSR count). The highest BCUT2D eigenvalue weighted by atomic mass is 32.2. The summed E-state index contributed by atoms with van der Waals surface area (Å²) in [7, 11) is -7.39. The fourth-order valence-electron chi connectivity index (χ4n) is 3.39. The van der Waals surface area contributed by atoms with Gasteiger partial charge in [-0.3, -0.25) is 0 Å². The minimum Gasteiger partial charge on any atom is -0.207 e. The molecule has 0 unspecified atom stereocenters. The number of nitrogens with zero attached hydrogens (tertiary/aromatic N) is 1. The summed E-state index contributed by atoms with van der Waals surface area (Å²) in [4.78, 5) is 1.12. The van der Waals surface area contributed by atoms with Gasteiger partial charge in [0.2, 0.25) is 20.0 Å². The van der Waals surface area contributed by atoms with Crippen LogP contribution in [0.2, 0.25) is 0 Å². The average Bonchev–Trinajstić information content (AvgIpc) is 3.20. The van der Waals surface area contributed by atoms with Crippen LogP contribution in [0.3, 0.4) is 0 Å². The number of sulfonamides is 2. The summed E-state index contributed by atoms with van der Waals surface area (Å²) in [6.45, 7) is 6.96. The van der Waals surface area contributed by atoms with Crippen molar-refractivity contribution >= 4 is 31.4 Å². The normalized spacial score (nSPS) is 17.9. The van der Waals surface area contributed by atoms with Crippen LogP contribution in [0.5, 0.6) is 0 Å². The minimum atomic E-state index is -3.81. The topological polar surface area (TPSA) is 83.5 Å². The smallest absolute Gasteiger partial charge is 0.207 e. The second kappa shape index (κ2) is 8.47. The number of nitrogens with one attached hydrogen (secondary N) is 1. The van der Waals surface area contributed by atoms with Gasteiger partial charge in [-0.2, -0.15) is 4.31 Å². The molecule has 0 saturated carbocycles. The monoisotopic (exact) mass is 456 g/mol. The molecular weight excluding hydrogens is 428 g/mol. The van der Waals surface area contributed by atoms with Crippen LogP contribution in [0.4, 0.5) is 0 Å². The zero-order valence-corrected chi connectivity index (χ0v) is 19.4. The van der Waals surface area contributed by atoms with Crippen molar-refractivity contribution in [1.82, 2.24) is 9.03 Å². The number of hydrogen-bond acceptors (Lipinski definition) is 5. The van der Waals surface area contributed by atoms with Gasteiger partial charge in [0.05, 0.1) is 15.8 Å². The molecule has 0 radical (unpaired) electrons. The molecule has 29 heavy (non-hydrogen) atoms. The van der Waals surface area contributed by atoms with Crippen LogP contribution in [0.15, 0.2) is 51.6 Å². The summed E-state index contributed by atoms with van der Waals surface area (Å²) < 4.78 is 55.8. The third-order valence-corrected chi connectivity index (χ3v) is 9.34. The van der Waals surface area contributed by atoms with E-state index >= 15 is 0 Å². The molecule has 1 aliphatic heterocycles. The predicted molar refractivity (Wildman–Crippen MR) is 116 cm³/mol. The maximum atomic E-state index is 13.0. The maximum Gasteiger partial charge on any atom is 0.243 e. The van der Waals surface area contributed by atoms with Gasteiger partial charge in [0.1, 0.15) is 0 Å². The lowest BCUT2D eigenvalue weighted by molar-refractivity contribution is 0.308. The molecule has 0 bridgehead atoms. The molecule has 1 aromatic heterocycles. The van der Waals surface area contributed by atoms with E-state index < -0.39 is 20.0 Å². The number of piperidine rings is 1. The first kappa shape index (κ1) is 22.4. The zero-order valence-electron chi connectivity index (χ0n) is 17.0. The van der Waals surface area contributed by atoms with E-state index in [1.807, 2.05) is 38.3 Å². The van der Waals surface area contributed by atoms with Gasteiger partial charge < -0.3 is 0 Å². The van der Waals surface area contributed by atoms with Crippen molar-refractivity contribution in [1.29, 1.82) is 0 Å². The van der Waals surface area contributed by atoms with Crippen molar-refractivity contribution < 1.29 is 16.8 Å². The van der Waals surface area contributed by atoms with E-state index in [0.717, 1.165) is 24.1 Å². The second-order valence-corrected chi connectivity index (χ2v) is 13.0. The van der Waals surface area contributed by atoms with Crippen LogP contribution in [-0.4, -0.2) is 34.2 Å². The maximum absolute atomic E-state index is 13.0.